The van der Waals surface area contributed by atoms with Crippen molar-refractivity contribution >= 4 is 5.91 Å². The number of fused-ring (bicyclic) bond motifs is 1. The lowest BCUT2D eigenvalue weighted by Gasteiger charge is -2.34. The molecule has 5 atom stereocenters. The highest BCUT2D eigenvalue weighted by Gasteiger charge is 2.54. The number of alkyl halides is 6. The van der Waals surface area contributed by atoms with Gasteiger partial charge in [0.05, 0.1) is 29.4 Å². The molecular formula is C29H31F7N2O3. The molecule has 0 radical (unpaired) electrons. The Kier molecular flexibility index (Phi) is 8.12. The number of amides is 1. The molecule has 5 rings (SSSR count). The van der Waals surface area contributed by atoms with Gasteiger partial charge in [-0.05, 0) is 73.7 Å². The normalized spacial score (nSPS) is 26.5. The van der Waals surface area contributed by atoms with E-state index in [0.29, 0.717) is 36.5 Å². The molecule has 2 aromatic rings. The van der Waals surface area contributed by atoms with E-state index < -0.39 is 47.4 Å². The first kappa shape index (κ1) is 29.8. The summed E-state index contributed by atoms with van der Waals surface area (Å²) in [5.41, 5.74) is -1.81. The molecule has 3 fully saturated rings. The van der Waals surface area contributed by atoms with Gasteiger partial charge in [-0.3, -0.25) is 4.79 Å². The zero-order valence-electron chi connectivity index (χ0n) is 22.5. The van der Waals surface area contributed by atoms with E-state index in [1.54, 1.807) is 17.9 Å². The summed E-state index contributed by atoms with van der Waals surface area (Å²) in [7, 11) is 0. The Labute approximate surface area is 233 Å². The molecule has 41 heavy (non-hydrogen) atoms. The van der Waals surface area contributed by atoms with Gasteiger partial charge in [-0.15, -0.1) is 0 Å². The summed E-state index contributed by atoms with van der Waals surface area (Å²) >= 11 is 0. The summed E-state index contributed by atoms with van der Waals surface area (Å²) in [5.74, 6) is -1.06. The van der Waals surface area contributed by atoms with Gasteiger partial charge in [0, 0.05) is 44.2 Å². The third-order valence-corrected chi connectivity index (χ3v) is 8.35. The van der Waals surface area contributed by atoms with E-state index in [9.17, 15) is 35.5 Å². The molecule has 3 aliphatic rings. The second kappa shape index (κ2) is 11.2. The lowest BCUT2D eigenvalue weighted by molar-refractivity contribution is -0.143. The van der Waals surface area contributed by atoms with Gasteiger partial charge in [0.1, 0.15) is 5.82 Å². The van der Waals surface area contributed by atoms with Crippen molar-refractivity contribution in [3.05, 3.63) is 70.0 Å². The highest BCUT2D eigenvalue weighted by molar-refractivity contribution is 5.81. The Morgan fingerprint density at radius 1 is 1.00 bits per heavy atom. The Morgan fingerprint density at radius 3 is 2.22 bits per heavy atom. The van der Waals surface area contributed by atoms with Gasteiger partial charge in [0.2, 0.25) is 5.91 Å². The first-order valence-corrected chi connectivity index (χ1v) is 13.6. The van der Waals surface area contributed by atoms with Crippen LogP contribution in [0.5, 0.6) is 0 Å². The van der Waals surface area contributed by atoms with E-state index >= 15 is 0 Å². The number of nitrogens with zero attached hydrogens (tertiary/aromatic N) is 1. The molecule has 1 N–H and O–H groups in total. The molecule has 3 heterocycles. The molecule has 12 heteroatoms. The number of aryl methyl sites for hydroxylation is 1. The summed E-state index contributed by atoms with van der Waals surface area (Å²) in [5, 5.41) is 3.58. The van der Waals surface area contributed by atoms with Crippen LogP contribution >= 0.6 is 0 Å². The second-order valence-corrected chi connectivity index (χ2v) is 11.1. The van der Waals surface area contributed by atoms with Gasteiger partial charge in [0.25, 0.3) is 0 Å². The standard InChI is InChI=1S/C29H31F7N2O3/c1-15-9-20(30)3-4-22(15)26-24(14-38-25(39)13-23(27(26)38)37-21-5-7-40-8-6-21)41-16(2)17-10-18(28(31,32)33)12-19(11-17)29(34,35)36/h3-4,9-12,16,21,23-24,26-27,37H,5-8,13-14H2,1-2H3/t16-,23?,24+,26-,27?/m1/s1. The number of ether oxygens (including phenoxy) is 2. The van der Waals surface area contributed by atoms with Gasteiger partial charge >= 0.3 is 12.4 Å². The van der Waals surface area contributed by atoms with Crippen molar-refractivity contribution in [3.8, 4) is 0 Å². The van der Waals surface area contributed by atoms with Crippen LogP contribution in [0.25, 0.3) is 0 Å². The number of carbonyl (C=O) groups excluding carboxylic acids is 1. The molecule has 0 saturated carbocycles. The lowest BCUT2D eigenvalue weighted by Crippen LogP contribution is -2.48. The number of benzene rings is 2. The molecule has 2 unspecified atom stereocenters. The van der Waals surface area contributed by atoms with Crippen LogP contribution in [-0.4, -0.2) is 54.8 Å². The van der Waals surface area contributed by atoms with Crippen molar-refractivity contribution in [2.45, 2.75) is 81.7 Å². The predicted molar refractivity (Wildman–Crippen MR) is 134 cm³/mol. The van der Waals surface area contributed by atoms with E-state index in [-0.39, 0.29) is 48.6 Å². The minimum atomic E-state index is -4.99. The maximum Gasteiger partial charge on any atom is 0.416 e. The highest BCUT2D eigenvalue weighted by Crippen LogP contribution is 2.45. The number of carbonyl (C=O) groups is 1. The van der Waals surface area contributed by atoms with E-state index in [1.165, 1.54) is 19.1 Å². The van der Waals surface area contributed by atoms with Crippen LogP contribution in [0.3, 0.4) is 0 Å². The average Bonchev–Trinajstić information content (AvgIpc) is 3.40. The molecule has 3 saturated heterocycles. The lowest BCUT2D eigenvalue weighted by atomic mass is 9.83. The van der Waals surface area contributed by atoms with Crippen molar-refractivity contribution < 1.29 is 45.0 Å². The van der Waals surface area contributed by atoms with Crippen molar-refractivity contribution in [1.82, 2.24) is 10.2 Å². The Bertz CT molecular complexity index is 1240. The molecular weight excluding hydrogens is 557 g/mol. The number of hydrogen-bond donors (Lipinski definition) is 1. The number of rotatable bonds is 6. The van der Waals surface area contributed by atoms with Crippen LogP contribution in [0.2, 0.25) is 0 Å². The SMILES string of the molecule is Cc1cc(F)ccc1[C@H]1C2C(NC3CCOCC3)CC(=O)N2C[C@@H]1O[C@H](C)c1cc(C(F)(F)F)cc(C(F)(F)F)c1. The molecule has 0 aromatic heterocycles. The molecule has 0 aliphatic carbocycles. The molecule has 0 spiro atoms. The topological polar surface area (TPSA) is 50.8 Å². The van der Waals surface area contributed by atoms with Crippen molar-refractivity contribution in [3.63, 3.8) is 0 Å². The zero-order valence-corrected chi connectivity index (χ0v) is 22.5. The number of halogens is 7. The van der Waals surface area contributed by atoms with Crippen LogP contribution in [0.1, 0.15) is 66.0 Å². The predicted octanol–water partition coefficient (Wildman–Crippen LogP) is 6.15. The summed E-state index contributed by atoms with van der Waals surface area (Å²) in [6, 6.07) is 5.14. The third kappa shape index (κ3) is 6.24. The highest BCUT2D eigenvalue weighted by atomic mass is 19.4. The first-order valence-electron chi connectivity index (χ1n) is 13.6. The minimum absolute atomic E-state index is 0.0812. The molecule has 5 nitrogen and oxygen atoms in total. The molecule has 3 aliphatic heterocycles. The quantitative estimate of drug-likeness (QED) is 0.412. The smallest absolute Gasteiger partial charge is 0.381 e. The summed E-state index contributed by atoms with van der Waals surface area (Å²) in [4.78, 5) is 14.8. The average molecular weight is 589 g/mol. The fourth-order valence-electron chi connectivity index (χ4n) is 6.41. The number of nitrogens with one attached hydrogen (secondary N) is 1. The molecule has 2 aromatic carbocycles. The summed E-state index contributed by atoms with van der Waals surface area (Å²) < 4.78 is 107. The van der Waals surface area contributed by atoms with Crippen molar-refractivity contribution in [1.29, 1.82) is 0 Å². The van der Waals surface area contributed by atoms with Crippen molar-refractivity contribution in [2.24, 2.45) is 0 Å². The second-order valence-electron chi connectivity index (χ2n) is 11.1. The van der Waals surface area contributed by atoms with Gasteiger partial charge in [-0.2, -0.15) is 26.3 Å². The Balaban J connectivity index is 1.49. The minimum Gasteiger partial charge on any atom is -0.381 e. The van der Waals surface area contributed by atoms with Crippen LogP contribution in [0.4, 0.5) is 30.7 Å². The molecule has 224 valence electrons. The van der Waals surface area contributed by atoms with Gasteiger partial charge < -0.3 is 19.7 Å². The van der Waals surface area contributed by atoms with Crippen LogP contribution in [0.15, 0.2) is 36.4 Å². The molecule has 0 bridgehead atoms. The van der Waals surface area contributed by atoms with Crippen LogP contribution in [0, 0.1) is 12.7 Å². The van der Waals surface area contributed by atoms with Gasteiger partial charge in [-0.1, -0.05) is 6.07 Å². The van der Waals surface area contributed by atoms with Crippen LogP contribution in [-0.2, 0) is 26.6 Å². The maximum atomic E-state index is 14.0. The van der Waals surface area contributed by atoms with E-state index in [2.05, 4.69) is 5.32 Å². The molecule has 1 amide bonds. The third-order valence-electron chi connectivity index (χ3n) is 8.35. The summed E-state index contributed by atoms with van der Waals surface area (Å²) in [6.45, 7) is 4.40. The largest absolute Gasteiger partial charge is 0.416 e. The Morgan fingerprint density at radius 2 is 1.63 bits per heavy atom. The fraction of sp³-hybridized carbons (Fsp3) is 0.552. The maximum absolute atomic E-state index is 14.0. The van der Waals surface area contributed by atoms with E-state index in [1.807, 2.05) is 0 Å². The van der Waals surface area contributed by atoms with Gasteiger partial charge in [0.15, 0.2) is 0 Å². The van der Waals surface area contributed by atoms with E-state index in [4.69, 9.17) is 9.47 Å². The first-order chi connectivity index (χ1) is 19.2. The van der Waals surface area contributed by atoms with E-state index in [0.717, 1.165) is 12.8 Å². The fourth-order valence-corrected chi connectivity index (χ4v) is 6.41. The zero-order chi connectivity index (χ0) is 29.7. The summed E-state index contributed by atoms with van der Waals surface area (Å²) in [6.07, 6.45) is -10.1. The van der Waals surface area contributed by atoms with Crippen molar-refractivity contribution in [2.75, 3.05) is 19.8 Å². The monoisotopic (exact) mass is 588 g/mol. The van der Waals surface area contributed by atoms with Crippen LogP contribution < -0.4 is 5.32 Å². The van der Waals surface area contributed by atoms with Gasteiger partial charge in [-0.25, -0.2) is 4.39 Å². The number of hydrogen-bond acceptors (Lipinski definition) is 4. The Hall–Kier alpha value is -2.70.